The van der Waals surface area contributed by atoms with Crippen LogP contribution in [0, 0.1) is 0 Å². The summed E-state index contributed by atoms with van der Waals surface area (Å²) in [5, 5.41) is 6.35. The number of Topliss-reactive ketones (excluding diaryl/α,β-unsaturated/α-hetero) is 1. The van der Waals surface area contributed by atoms with E-state index in [0.29, 0.717) is 18.2 Å². The second-order valence-electron chi connectivity index (χ2n) is 5.05. The minimum atomic E-state index is 0.0511. The van der Waals surface area contributed by atoms with Crippen molar-refractivity contribution >= 4 is 17.1 Å². The fraction of sp³-hybridized carbons (Fsp3) is 0.500. The van der Waals surface area contributed by atoms with Gasteiger partial charge in [0.1, 0.15) is 5.69 Å². The minimum absolute atomic E-state index is 0.0511. The van der Waals surface area contributed by atoms with Crippen LogP contribution in [0.1, 0.15) is 54.3 Å². The van der Waals surface area contributed by atoms with E-state index in [0.717, 1.165) is 5.69 Å². The SMILES string of the molecule is O=C(Cc1ccn(C2CCCCC2)n1)c1cscn1. The molecular weight excluding hydrogens is 258 g/mol. The monoisotopic (exact) mass is 275 g/mol. The van der Waals surface area contributed by atoms with E-state index in [2.05, 4.69) is 10.1 Å². The van der Waals surface area contributed by atoms with Crippen LogP contribution >= 0.6 is 11.3 Å². The summed E-state index contributed by atoms with van der Waals surface area (Å²) in [6, 6.07) is 2.48. The maximum atomic E-state index is 12.0. The van der Waals surface area contributed by atoms with Gasteiger partial charge in [0.25, 0.3) is 0 Å². The minimum Gasteiger partial charge on any atom is -0.292 e. The molecule has 0 aromatic carbocycles. The molecule has 19 heavy (non-hydrogen) atoms. The maximum Gasteiger partial charge on any atom is 0.188 e. The van der Waals surface area contributed by atoms with Gasteiger partial charge in [0.15, 0.2) is 5.78 Å². The van der Waals surface area contributed by atoms with Crippen molar-refractivity contribution in [1.29, 1.82) is 0 Å². The van der Waals surface area contributed by atoms with E-state index >= 15 is 0 Å². The summed E-state index contributed by atoms with van der Waals surface area (Å²) in [6.45, 7) is 0. The highest BCUT2D eigenvalue weighted by atomic mass is 32.1. The second kappa shape index (κ2) is 5.65. The van der Waals surface area contributed by atoms with Crippen molar-refractivity contribution in [2.24, 2.45) is 0 Å². The quantitative estimate of drug-likeness (QED) is 0.805. The smallest absolute Gasteiger partial charge is 0.188 e. The van der Waals surface area contributed by atoms with Crippen molar-refractivity contribution in [1.82, 2.24) is 14.8 Å². The third-order valence-corrected chi connectivity index (χ3v) is 4.26. The van der Waals surface area contributed by atoms with Crippen LogP contribution in [-0.4, -0.2) is 20.5 Å². The molecule has 2 aromatic heterocycles. The van der Waals surface area contributed by atoms with Gasteiger partial charge in [-0.1, -0.05) is 19.3 Å². The van der Waals surface area contributed by atoms with Crippen LogP contribution in [0.15, 0.2) is 23.2 Å². The first-order chi connectivity index (χ1) is 9.33. The molecule has 1 saturated carbocycles. The number of carbonyl (C=O) groups excluding carboxylic acids is 1. The van der Waals surface area contributed by atoms with E-state index in [1.807, 2.05) is 16.9 Å². The number of aromatic nitrogens is 3. The molecule has 0 unspecified atom stereocenters. The van der Waals surface area contributed by atoms with Crippen LogP contribution in [0.5, 0.6) is 0 Å². The molecule has 1 fully saturated rings. The molecule has 5 heteroatoms. The Balaban J connectivity index is 1.66. The molecule has 1 aliphatic rings. The maximum absolute atomic E-state index is 12.0. The third kappa shape index (κ3) is 2.92. The first-order valence-corrected chi connectivity index (χ1v) is 7.72. The van der Waals surface area contributed by atoms with Crippen molar-refractivity contribution in [2.45, 2.75) is 44.6 Å². The molecule has 0 aliphatic heterocycles. The summed E-state index contributed by atoms with van der Waals surface area (Å²) in [5.74, 6) is 0.0511. The largest absolute Gasteiger partial charge is 0.292 e. The van der Waals surface area contributed by atoms with Gasteiger partial charge in [0.2, 0.25) is 0 Å². The van der Waals surface area contributed by atoms with E-state index < -0.39 is 0 Å². The molecule has 0 radical (unpaired) electrons. The standard InChI is InChI=1S/C14H17N3OS/c18-14(13-9-19-10-15-13)8-11-6-7-17(16-11)12-4-2-1-3-5-12/h6-7,9-10,12H,1-5,8H2. The highest BCUT2D eigenvalue weighted by molar-refractivity contribution is 7.07. The second-order valence-corrected chi connectivity index (χ2v) is 5.77. The van der Waals surface area contributed by atoms with Crippen LogP contribution in [0.4, 0.5) is 0 Å². The average molecular weight is 275 g/mol. The number of nitrogens with zero attached hydrogens (tertiary/aromatic N) is 3. The molecule has 1 aliphatic carbocycles. The summed E-state index contributed by atoms with van der Waals surface area (Å²) >= 11 is 1.45. The molecule has 0 atom stereocenters. The predicted molar refractivity (Wildman–Crippen MR) is 74.5 cm³/mol. The van der Waals surface area contributed by atoms with E-state index in [1.165, 1.54) is 43.4 Å². The molecule has 0 saturated heterocycles. The van der Waals surface area contributed by atoms with Crippen LogP contribution in [0.3, 0.4) is 0 Å². The molecule has 0 bridgehead atoms. The average Bonchev–Trinajstić information content (AvgIpc) is 3.11. The van der Waals surface area contributed by atoms with Gasteiger partial charge >= 0.3 is 0 Å². The Bertz CT molecular complexity index is 541. The lowest BCUT2D eigenvalue weighted by molar-refractivity contribution is 0.0987. The lowest BCUT2D eigenvalue weighted by atomic mass is 9.96. The molecule has 4 nitrogen and oxygen atoms in total. The predicted octanol–water partition coefficient (Wildman–Crippen LogP) is 3.27. The summed E-state index contributed by atoms with van der Waals surface area (Å²) in [6.07, 6.45) is 8.70. The highest BCUT2D eigenvalue weighted by Crippen LogP contribution is 2.27. The Labute approximate surface area is 116 Å². The van der Waals surface area contributed by atoms with Crippen molar-refractivity contribution < 1.29 is 4.79 Å². The molecule has 0 N–H and O–H groups in total. The van der Waals surface area contributed by atoms with Crippen molar-refractivity contribution in [3.63, 3.8) is 0 Å². The zero-order valence-electron chi connectivity index (χ0n) is 10.8. The van der Waals surface area contributed by atoms with Crippen LogP contribution < -0.4 is 0 Å². The number of hydrogen-bond acceptors (Lipinski definition) is 4. The number of rotatable bonds is 4. The molecule has 0 amide bonds. The van der Waals surface area contributed by atoms with Crippen molar-refractivity contribution in [3.05, 3.63) is 34.5 Å². The number of hydrogen-bond donors (Lipinski definition) is 0. The Kier molecular flexibility index (Phi) is 3.73. The van der Waals surface area contributed by atoms with Crippen LogP contribution in [0.25, 0.3) is 0 Å². The number of thiazole rings is 1. The van der Waals surface area contributed by atoms with Gasteiger partial charge in [-0.25, -0.2) is 4.98 Å². The molecule has 100 valence electrons. The van der Waals surface area contributed by atoms with Gasteiger partial charge in [-0.15, -0.1) is 11.3 Å². The summed E-state index contributed by atoms with van der Waals surface area (Å²) < 4.78 is 2.04. The number of carbonyl (C=O) groups is 1. The molecule has 0 spiro atoms. The number of ketones is 1. The van der Waals surface area contributed by atoms with Gasteiger partial charge in [0.05, 0.1) is 23.7 Å². The summed E-state index contributed by atoms with van der Waals surface area (Å²) in [4.78, 5) is 16.0. The van der Waals surface area contributed by atoms with Gasteiger partial charge in [-0.3, -0.25) is 9.48 Å². The van der Waals surface area contributed by atoms with Gasteiger partial charge in [0, 0.05) is 11.6 Å². The molecule has 2 aromatic rings. The van der Waals surface area contributed by atoms with Gasteiger partial charge in [-0.2, -0.15) is 5.10 Å². The van der Waals surface area contributed by atoms with E-state index in [4.69, 9.17) is 0 Å². The van der Waals surface area contributed by atoms with Gasteiger partial charge in [-0.05, 0) is 18.9 Å². The highest BCUT2D eigenvalue weighted by Gasteiger charge is 2.17. The Hall–Kier alpha value is -1.49. The van der Waals surface area contributed by atoms with Crippen LogP contribution in [-0.2, 0) is 6.42 Å². The fourth-order valence-corrected chi connectivity index (χ4v) is 3.18. The zero-order chi connectivity index (χ0) is 13.1. The first-order valence-electron chi connectivity index (χ1n) is 6.78. The third-order valence-electron chi connectivity index (χ3n) is 3.67. The van der Waals surface area contributed by atoms with Gasteiger partial charge < -0.3 is 0 Å². The Morgan fingerprint density at radius 2 is 2.21 bits per heavy atom. The first kappa shape index (κ1) is 12.5. The lowest BCUT2D eigenvalue weighted by Crippen LogP contribution is -2.14. The topological polar surface area (TPSA) is 47.8 Å². The Morgan fingerprint density at radius 1 is 1.37 bits per heavy atom. The van der Waals surface area contributed by atoms with Crippen LogP contribution in [0.2, 0.25) is 0 Å². The Morgan fingerprint density at radius 3 is 2.95 bits per heavy atom. The van der Waals surface area contributed by atoms with Crippen molar-refractivity contribution in [3.8, 4) is 0 Å². The lowest BCUT2D eigenvalue weighted by Gasteiger charge is -2.21. The fourth-order valence-electron chi connectivity index (χ4n) is 2.63. The van der Waals surface area contributed by atoms with E-state index in [9.17, 15) is 4.79 Å². The summed E-state index contributed by atoms with van der Waals surface area (Å²) in [5.41, 5.74) is 3.09. The van der Waals surface area contributed by atoms with E-state index in [-0.39, 0.29) is 5.78 Å². The molecule has 2 heterocycles. The zero-order valence-corrected chi connectivity index (χ0v) is 11.6. The molecular formula is C14H17N3OS. The normalized spacial score (nSPS) is 16.6. The summed E-state index contributed by atoms with van der Waals surface area (Å²) in [7, 11) is 0. The van der Waals surface area contributed by atoms with Crippen molar-refractivity contribution in [2.75, 3.05) is 0 Å². The molecule has 3 rings (SSSR count). The van der Waals surface area contributed by atoms with E-state index in [1.54, 1.807) is 10.9 Å².